The summed E-state index contributed by atoms with van der Waals surface area (Å²) in [6.07, 6.45) is 1.62. The van der Waals surface area contributed by atoms with Crippen LogP contribution in [0.25, 0.3) is 0 Å². The molecule has 7 heteroatoms. The maximum absolute atomic E-state index is 11.0. The van der Waals surface area contributed by atoms with Gasteiger partial charge in [-0.1, -0.05) is 13.8 Å². The molecule has 0 aromatic heterocycles. The molecule has 1 rings (SSSR count). The van der Waals surface area contributed by atoms with Gasteiger partial charge in [0.15, 0.2) is 5.75 Å². The Morgan fingerprint density at radius 1 is 1.18 bits per heavy atom. The van der Waals surface area contributed by atoms with Gasteiger partial charge in [-0.3, -0.25) is 10.1 Å². The van der Waals surface area contributed by atoms with Gasteiger partial charge >= 0.3 is 5.69 Å². The molecule has 0 aliphatic rings. The maximum atomic E-state index is 11.0. The largest absolute Gasteiger partial charge is 0.492 e. The first kappa shape index (κ1) is 18.2. The number of nitrogens with two attached hydrogens (primary N) is 1. The van der Waals surface area contributed by atoms with E-state index < -0.39 is 4.92 Å². The van der Waals surface area contributed by atoms with Gasteiger partial charge in [-0.25, -0.2) is 0 Å². The Hall–Kier alpha value is -1.86. The van der Waals surface area contributed by atoms with Gasteiger partial charge in [0.25, 0.3) is 0 Å². The molecule has 0 amide bonds. The number of methoxy groups -OCH3 is 2. The first-order valence-electron chi connectivity index (χ1n) is 7.17. The van der Waals surface area contributed by atoms with E-state index in [0.29, 0.717) is 17.9 Å². The summed E-state index contributed by atoms with van der Waals surface area (Å²) in [4.78, 5) is 10.5. The summed E-state index contributed by atoms with van der Waals surface area (Å²) in [5, 5.41) is 11.0. The van der Waals surface area contributed by atoms with Crippen molar-refractivity contribution in [2.24, 2.45) is 5.73 Å². The molecule has 0 bridgehead atoms. The van der Waals surface area contributed by atoms with E-state index in [1.165, 1.54) is 20.3 Å². The molecule has 7 nitrogen and oxygen atoms in total. The standard InChI is InChI=1S/C15H24N2O5/c1-5-15(16,6-2)10-22-9-11-7-8-12(17(18)19)14(21-4)13(11)20-3/h7-8H,5-6,9-10,16H2,1-4H3. The second-order valence-electron chi connectivity index (χ2n) is 5.13. The first-order valence-corrected chi connectivity index (χ1v) is 7.17. The molecule has 0 unspecified atom stereocenters. The van der Waals surface area contributed by atoms with Gasteiger partial charge < -0.3 is 19.9 Å². The van der Waals surface area contributed by atoms with E-state index in [0.717, 1.165) is 12.8 Å². The van der Waals surface area contributed by atoms with Gasteiger partial charge in [-0.05, 0) is 18.9 Å². The van der Waals surface area contributed by atoms with Crippen LogP contribution in [0.15, 0.2) is 12.1 Å². The Kier molecular flexibility index (Phi) is 6.58. The molecule has 1 aromatic carbocycles. The number of benzene rings is 1. The highest BCUT2D eigenvalue weighted by Gasteiger charge is 2.24. The van der Waals surface area contributed by atoms with Crippen LogP contribution in [-0.2, 0) is 11.3 Å². The molecule has 1 aromatic rings. The fraction of sp³-hybridized carbons (Fsp3) is 0.600. The van der Waals surface area contributed by atoms with Crippen LogP contribution in [0.2, 0.25) is 0 Å². The Bertz CT molecular complexity index is 515. The minimum atomic E-state index is -0.509. The number of nitro benzene ring substituents is 1. The molecule has 0 saturated carbocycles. The third-order valence-corrected chi connectivity index (χ3v) is 3.83. The zero-order valence-electron chi connectivity index (χ0n) is 13.5. The van der Waals surface area contributed by atoms with Crippen LogP contribution in [0.4, 0.5) is 5.69 Å². The van der Waals surface area contributed by atoms with E-state index in [2.05, 4.69) is 0 Å². The summed E-state index contributed by atoms with van der Waals surface area (Å²) in [5.41, 5.74) is 6.36. The second-order valence-corrected chi connectivity index (χ2v) is 5.13. The summed E-state index contributed by atoms with van der Waals surface area (Å²) in [7, 11) is 2.81. The second kappa shape index (κ2) is 7.95. The Morgan fingerprint density at radius 2 is 1.77 bits per heavy atom. The third-order valence-electron chi connectivity index (χ3n) is 3.83. The molecule has 0 fully saturated rings. The molecule has 22 heavy (non-hydrogen) atoms. The zero-order valence-corrected chi connectivity index (χ0v) is 13.5. The lowest BCUT2D eigenvalue weighted by atomic mass is 9.96. The topological polar surface area (TPSA) is 96.9 Å². The minimum absolute atomic E-state index is 0.0959. The number of nitrogens with zero attached hydrogens (tertiary/aromatic N) is 1. The normalized spacial score (nSPS) is 11.3. The number of rotatable bonds is 9. The summed E-state index contributed by atoms with van der Waals surface area (Å²) in [6.45, 7) is 4.68. The molecule has 0 aliphatic carbocycles. The lowest BCUT2D eigenvalue weighted by molar-refractivity contribution is -0.385. The van der Waals surface area contributed by atoms with Crippen molar-refractivity contribution < 1.29 is 19.1 Å². The van der Waals surface area contributed by atoms with Crippen LogP contribution >= 0.6 is 0 Å². The van der Waals surface area contributed by atoms with Crippen molar-refractivity contribution >= 4 is 5.69 Å². The van der Waals surface area contributed by atoms with Crippen molar-refractivity contribution in [1.29, 1.82) is 0 Å². The van der Waals surface area contributed by atoms with Gasteiger partial charge in [0.1, 0.15) is 0 Å². The molecule has 0 saturated heterocycles. The average molecular weight is 312 g/mol. The lowest BCUT2D eigenvalue weighted by Crippen LogP contribution is -2.43. The van der Waals surface area contributed by atoms with E-state index in [1.807, 2.05) is 13.8 Å². The smallest absolute Gasteiger partial charge is 0.314 e. The van der Waals surface area contributed by atoms with E-state index >= 15 is 0 Å². The van der Waals surface area contributed by atoms with Crippen LogP contribution < -0.4 is 15.2 Å². The molecule has 0 heterocycles. The van der Waals surface area contributed by atoms with Crippen molar-refractivity contribution in [3.05, 3.63) is 27.8 Å². The number of hydrogen-bond donors (Lipinski definition) is 1. The van der Waals surface area contributed by atoms with Crippen LogP contribution in [0, 0.1) is 10.1 Å². The number of nitro groups is 1. The van der Waals surface area contributed by atoms with E-state index in [9.17, 15) is 10.1 Å². The highest BCUT2D eigenvalue weighted by atomic mass is 16.6. The third kappa shape index (κ3) is 4.08. The fourth-order valence-corrected chi connectivity index (χ4v) is 2.09. The predicted octanol–water partition coefficient (Wildman–Crippen LogP) is 2.65. The summed E-state index contributed by atoms with van der Waals surface area (Å²) in [6, 6.07) is 2.99. The van der Waals surface area contributed by atoms with Gasteiger partial charge in [-0.2, -0.15) is 0 Å². The Labute approximate surface area is 130 Å². The van der Waals surface area contributed by atoms with Crippen molar-refractivity contribution in [2.75, 3.05) is 20.8 Å². The predicted molar refractivity (Wildman–Crippen MR) is 83.4 cm³/mol. The van der Waals surface area contributed by atoms with Crippen LogP contribution in [0.5, 0.6) is 11.5 Å². The molecule has 124 valence electrons. The summed E-state index contributed by atoms with van der Waals surface area (Å²) in [5.74, 6) is 0.408. The lowest BCUT2D eigenvalue weighted by Gasteiger charge is -2.26. The van der Waals surface area contributed by atoms with Crippen molar-refractivity contribution in [3.63, 3.8) is 0 Å². The average Bonchev–Trinajstić information content (AvgIpc) is 2.53. The molecule has 2 N–H and O–H groups in total. The minimum Gasteiger partial charge on any atom is -0.492 e. The molecule has 0 aliphatic heterocycles. The first-order chi connectivity index (χ1) is 10.4. The molecule has 0 atom stereocenters. The van der Waals surface area contributed by atoms with Crippen molar-refractivity contribution in [1.82, 2.24) is 0 Å². The van der Waals surface area contributed by atoms with E-state index in [4.69, 9.17) is 19.9 Å². The van der Waals surface area contributed by atoms with Crippen LogP contribution in [-0.4, -0.2) is 31.3 Å². The molecular formula is C15H24N2O5. The Morgan fingerprint density at radius 3 is 2.23 bits per heavy atom. The van der Waals surface area contributed by atoms with Gasteiger partial charge in [0.05, 0.1) is 32.4 Å². The van der Waals surface area contributed by atoms with Gasteiger partial charge in [0, 0.05) is 17.2 Å². The maximum Gasteiger partial charge on any atom is 0.314 e. The molecular weight excluding hydrogens is 288 g/mol. The van der Waals surface area contributed by atoms with Crippen molar-refractivity contribution in [2.45, 2.75) is 38.8 Å². The SMILES string of the molecule is CCC(N)(CC)COCc1ccc([N+](=O)[O-])c(OC)c1OC. The zero-order chi connectivity index (χ0) is 16.8. The van der Waals surface area contributed by atoms with E-state index in [1.54, 1.807) is 6.07 Å². The summed E-state index contributed by atoms with van der Waals surface area (Å²) >= 11 is 0. The van der Waals surface area contributed by atoms with Gasteiger partial charge in [0.2, 0.25) is 5.75 Å². The monoisotopic (exact) mass is 312 g/mol. The molecule has 0 spiro atoms. The van der Waals surface area contributed by atoms with Crippen molar-refractivity contribution in [3.8, 4) is 11.5 Å². The Balaban J connectivity index is 2.94. The number of hydrogen-bond acceptors (Lipinski definition) is 6. The van der Waals surface area contributed by atoms with Crippen LogP contribution in [0.1, 0.15) is 32.3 Å². The highest BCUT2D eigenvalue weighted by molar-refractivity contribution is 5.59. The van der Waals surface area contributed by atoms with Crippen LogP contribution in [0.3, 0.4) is 0 Å². The molecule has 0 radical (unpaired) electrons. The van der Waals surface area contributed by atoms with Gasteiger partial charge in [-0.15, -0.1) is 0 Å². The highest BCUT2D eigenvalue weighted by Crippen LogP contribution is 2.39. The van der Waals surface area contributed by atoms with E-state index in [-0.39, 0.29) is 23.6 Å². The fourth-order valence-electron chi connectivity index (χ4n) is 2.09. The quantitative estimate of drug-likeness (QED) is 0.556. The number of ether oxygens (including phenoxy) is 3. The summed E-state index contributed by atoms with van der Waals surface area (Å²) < 4.78 is 16.0.